The standard InChI is InChI=1S/C13H15N3OS/c17-13(8-14-7-12-9-18-10-16-12)15-6-11-4-2-1-3-5-11/h1-5,9-10,14H,6-8H2,(H,15,17). The number of rotatable bonds is 6. The van der Waals surface area contributed by atoms with E-state index in [9.17, 15) is 4.79 Å². The number of aromatic nitrogens is 1. The number of nitrogens with zero attached hydrogens (tertiary/aromatic N) is 1. The maximum atomic E-state index is 11.6. The molecule has 1 amide bonds. The van der Waals surface area contributed by atoms with Crippen molar-refractivity contribution in [3.05, 3.63) is 52.5 Å². The molecule has 0 unspecified atom stereocenters. The molecule has 0 bridgehead atoms. The van der Waals surface area contributed by atoms with E-state index >= 15 is 0 Å². The number of carbonyl (C=O) groups is 1. The highest BCUT2D eigenvalue weighted by molar-refractivity contribution is 7.07. The molecule has 18 heavy (non-hydrogen) atoms. The lowest BCUT2D eigenvalue weighted by Crippen LogP contribution is -2.33. The Morgan fingerprint density at radius 3 is 2.78 bits per heavy atom. The van der Waals surface area contributed by atoms with Gasteiger partial charge in [0.25, 0.3) is 0 Å². The highest BCUT2D eigenvalue weighted by Crippen LogP contribution is 1.99. The number of amides is 1. The van der Waals surface area contributed by atoms with Crippen molar-refractivity contribution in [3.63, 3.8) is 0 Å². The molecule has 0 saturated heterocycles. The van der Waals surface area contributed by atoms with E-state index in [0.29, 0.717) is 19.6 Å². The number of hydrogen-bond acceptors (Lipinski definition) is 4. The van der Waals surface area contributed by atoms with Gasteiger partial charge in [-0.2, -0.15) is 0 Å². The molecule has 94 valence electrons. The zero-order valence-electron chi connectivity index (χ0n) is 9.93. The zero-order chi connectivity index (χ0) is 12.6. The largest absolute Gasteiger partial charge is 0.351 e. The molecule has 0 aliphatic heterocycles. The Hall–Kier alpha value is -1.72. The van der Waals surface area contributed by atoms with E-state index in [1.165, 1.54) is 0 Å². The van der Waals surface area contributed by atoms with E-state index < -0.39 is 0 Å². The van der Waals surface area contributed by atoms with Gasteiger partial charge >= 0.3 is 0 Å². The van der Waals surface area contributed by atoms with Crippen LogP contribution in [0.5, 0.6) is 0 Å². The molecule has 1 heterocycles. The Balaban J connectivity index is 1.63. The van der Waals surface area contributed by atoms with Crippen LogP contribution in [-0.4, -0.2) is 17.4 Å². The van der Waals surface area contributed by atoms with Gasteiger partial charge in [0.2, 0.25) is 5.91 Å². The van der Waals surface area contributed by atoms with Crippen LogP contribution in [0.1, 0.15) is 11.3 Å². The van der Waals surface area contributed by atoms with Crippen LogP contribution in [0.25, 0.3) is 0 Å². The SMILES string of the molecule is O=C(CNCc1cscn1)NCc1ccccc1. The summed E-state index contributed by atoms with van der Waals surface area (Å²) in [6.45, 7) is 1.50. The summed E-state index contributed by atoms with van der Waals surface area (Å²) in [5.41, 5.74) is 3.85. The van der Waals surface area contributed by atoms with Crippen molar-refractivity contribution in [1.82, 2.24) is 15.6 Å². The van der Waals surface area contributed by atoms with Crippen molar-refractivity contribution in [2.24, 2.45) is 0 Å². The topological polar surface area (TPSA) is 54.0 Å². The Kier molecular flexibility index (Phi) is 4.87. The van der Waals surface area contributed by atoms with Gasteiger partial charge in [-0.3, -0.25) is 4.79 Å². The minimum Gasteiger partial charge on any atom is -0.351 e. The summed E-state index contributed by atoms with van der Waals surface area (Å²) in [7, 11) is 0. The first-order valence-electron chi connectivity index (χ1n) is 5.73. The fraction of sp³-hybridized carbons (Fsp3) is 0.231. The highest BCUT2D eigenvalue weighted by atomic mass is 32.1. The number of hydrogen-bond donors (Lipinski definition) is 2. The third-order valence-electron chi connectivity index (χ3n) is 2.41. The molecule has 1 aromatic heterocycles. The van der Waals surface area contributed by atoms with Gasteiger partial charge in [0.15, 0.2) is 0 Å². The van der Waals surface area contributed by atoms with Crippen molar-refractivity contribution in [2.75, 3.05) is 6.54 Å². The summed E-state index contributed by atoms with van der Waals surface area (Å²) in [4.78, 5) is 15.7. The number of benzene rings is 1. The normalized spacial score (nSPS) is 10.2. The van der Waals surface area contributed by atoms with Gasteiger partial charge < -0.3 is 10.6 Å². The lowest BCUT2D eigenvalue weighted by atomic mass is 10.2. The van der Waals surface area contributed by atoms with Crippen LogP contribution in [0.2, 0.25) is 0 Å². The molecule has 5 heteroatoms. The van der Waals surface area contributed by atoms with Crippen LogP contribution in [0, 0.1) is 0 Å². The fourth-order valence-corrected chi connectivity index (χ4v) is 2.05. The van der Waals surface area contributed by atoms with Crippen LogP contribution in [-0.2, 0) is 17.9 Å². The molecule has 2 rings (SSSR count). The second-order valence-electron chi connectivity index (χ2n) is 3.85. The second-order valence-corrected chi connectivity index (χ2v) is 4.56. The van der Waals surface area contributed by atoms with Gasteiger partial charge in [-0.1, -0.05) is 30.3 Å². The number of thiazole rings is 1. The monoisotopic (exact) mass is 261 g/mol. The van der Waals surface area contributed by atoms with Crippen LogP contribution in [0.15, 0.2) is 41.2 Å². The van der Waals surface area contributed by atoms with Crippen molar-refractivity contribution in [2.45, 2.75) is 13.1 Å². The highest BCUT2D eigenvalue weighted by Gasteiger charge is 2.01. The Bertz CT molecular complexity index is 470. The zero-order valence-corrected chi connectivity index (χ0v) is 10.7. The van der Waals surface area contributed by atoms with E-state index in [4.69, 9.17) is 0 Å². The molecule has 1 aromatic carbocycles. The molecule has 0 radical (unpaired) electrons. The minimum atomic E-state index is -0.00548. The molecule has 4 nitrogen and oxygen atoms in total. The summed E-state index contributed by atoms with van der Waals surface area (Å²) in [6, 6.07) is 9.86. The molecule has 0 aliphatic carbocycles. The molecule has 2 aromatic rings. The maximum absolute atomic E-state index is 11.6. The fourth-order valence-electron chi connectivity index (χ4n) is 1.49. The second kappa shape index (κ2) is 6.88. The maximum Gasteiger partial charge on any atom is 0.234 e. The van der Waals surface area contributed by atoms with Gasteiger partial charge in [0.1, 0.15) is 0 Å². The average molecular weight is 261 g/mol. The van der Waals surface area contributed by atoms with E-state index in [1.54, 1.807) is 16.8 Å². The third-order valence-corrected chi connectivity index (χ3v) is 3.04. The Morgan fingerprint density at radius 2 is 2.06 bits per heavy atom. The van der Waals surface area contributed by atoms with Crippen LogP contribution < -0.4 is 10.6 Å². The molecule has 0 spiro atoms. The Labute approximate surface area is 110 Å². The predicted molar refractivity (Wildman–Crippen MR) is 72.1 cm³/mol. The predicted octanol–water partition coefficient (Wildman–Crippen LogP) is 1.55. The quantitative estimate of drug-likeness (QED) is 0.829. The third kappa shape index (κ3) is 4.27. The number of nitrogens with one attached hydrogen (secondary N) is 2. The lowest BCUT2D eigenvalue weighted by molar-refractivity contribution is -0.120. The summed E-state index contributed by atoms with van der Waals surface area (Å²) in [5.74, 6) is -0.00548. The van der Waals surface area contributed by atoms with Gasteiger partial charge in [-0.05, 0) is 5.56 Å². The van der Waals surface area contributed by atoms with Gasteiger partial charge in [0, 0.05) is 18.5 Å². The molecule has 0 atom stereocenters. The van der Waals surface area contributed by atoms with Crippen LogP contribution >= 0.6 is 11.3 Å². The minimum absolute atomic E-state index is 0.00548. The first kappa shape index (κ1) is 12.7. The Morgan fingerprint density at radius 1 is 1.22 bits per heavy atom. The average Bonchev–Trinajstić information content (AvgIpc) is 2.91. The van der Waals surface area contributed by atoms with Crippen molar-refractivity contribution in [1.29, 1.82) is 0 Å². The van der Waals surface area contributed by atoms with Crippen LogP contribution in [0.3, 0.4) is 0 Å². The molecule has 0 saturated carbocycles. The van der Waals surface area contributed by atoms with Gasteiger partial charge in [-0.25, -0.2) is 4.98 Å². The van der Waals surface area contributed by atoms with E-state index in [1.807, 2.05) is 35.7 Å². The molecule has 0 fully saturated rings. The van der Waals surface area contributed by atoms with E-state index in [0.717, 1.165) is 11.3 Å². The summed E-state index contributed by atoms with van der Waals surface area (Å²) >= 11 is 1.55. The number of carbonyl (C=O) groups excluding carboxylic acids is 1. The summed E-state index contributed by atoms with van der Waals surface area (Å²) < 4.78 is 0. The summed E-state index contributed by atoms with van der Waals surface area (Å²) in [6.07, 6.45) is 0. The molecule has 0 aliphatic rings. The smallest absolute Gasteiger partial charge is 0.234 e. The van der Waals surface area contributed by atoms with E-state index in [2.05, 4.69) is 15.6 Å². The van der Waals surface area contributed by atoms with Crippen molar-refractivity contribution >= 4 is 17.2 Å². The van der Waals surface area contributed by atoms with Crippen molar-refractivity contribution in [3.8, 4) is 0 Å². The molecular formula is C13H15N3OS. The first-order valence-corrected chi connectivity index (χ1v) is 6.67. The lowest BCUT2D eigenvalue weighted by Gasteiger charge is -2.05. The molecule has 2 N–H and O–H groups in total. The van der Waals surface area contributed by atoms with Crippen LogP contribution in [0.4, 0.5) is 0 Å². The van der Waals surface area contributed by atoms with Crippen molar-refractivity contribution < 1.29 is 4.79 Å². The van der Waals surface area contributed by atoms with Gasteiger partial charge in [0.05, 0.1) is 17.7 Å². The summed E-state index contributed by atoms with van der Waals surface area (Å²) in [5, 5.41) is 7.88. The van der Waals surface area contributed by atoms with E-state index in [-0.39, 0.29) is 5.91 Å². The first-order chi connectivity index (χ1) is 8.84. The molecular weight excluding hydrogens is 246 g/mol. The van der Waals surface area contributed by atoms with Gasteiger partial charge in [-0.15, -0.1) is 11.3 Å².